The Balaban J connectivity index is 1.83. The minimum Gasteiger partial charge on any atom is -0.439 e. The van der Waals surface area contributed by atoms with Crippen molar-refractivity contribution in [3.8, 4) is 11.3 Å². The molecule has 1 aliphatic rings. The van der Waals surface area contributed by atoms with Crippen molar-refractivity contribution in [1.82, 2.24) is 10.3 Å². The number of nitrogens with one attached hydrogen (secondary N) is 1. The Kier molecular flexibility index (Phi) is 2.83. The lowest BCUT2D eigenvalue weighted by molar-refractivity contribution is 0.470. The van der Waals surface area contributed by atoms with Gasteiger partial charge in [0.05, 0.1) is 18.3 Å². The van der Waals surface area contributed by atoms with Crippen LogP contribution in [0.4, 0.5) is 8.78 Å². The highest BCUT2D eigenvalue weighted by molar-refractivity contribution is 5.58. The quantitative estimate of drug-likeness (QED) is 0.906. The largest absolute Gasteiger partial charge is 0.439 e. The van der Waals surface area contributed by atoms with E-state index in [-0.39, 0.29) is 11.3 Å². The average Bonchev–Trinajstić information content (AvgIpc) is 3.06. The number of oxazole rings is 1. The minimum atomic E-state index is -0.646. The highest BCUT2D eigenvalue weighted by Gasteiger charge is 2.21. The van der Waals surface area contributed by atoms with Gasteiger partial charge in [-0.2, -0.15) is 0 Å². The molecule has 1 fully saturated rings. The first kappa shape index (κ1) is 11.3. The number of rotatable bonds is 4. The number of hydrogen-bond donors (Lipinski definition) is 1. The third kappa shape index (κ3) is 2.26. The first-order valence-corrected chi connectivity index (χ1v) is 5.86. The van der Waals surface area contributed by atoms with Gasteiger partial charge in [-0.1, -0.05) is 6.07 Å². The van der Waals surface area contributed by atoms with Gasteiger partial charge in [0.15, 0.2) is 5.76 Å². The summed E-state index contributed by atoms with van der Waals surface area (Å²) in [6.45, 7) is 0.487. The van der Waals surface area contributed by atoms with E-state index in [1.165, 1.54) is 24.4 Å². The maximum atomic E-state index is 13.5. The average molecular weight is 250 g/mol. The van der Waals surface area contributed by atoms with Crippen molar-refractivity contribution >= 4 is 0 Å². The van der Waals surface area contributed by atoms with Crippen LogP contribution < -0.4 is 5.32 Å². The molecule has 94 valence electrons. The van der Waals surface area contributed by atoms with Gasteiger partial charge in [0, 0.05) is 6.04 Å². The fourth-order valence-electron chi connectivity index (χ4n) is 1.76. The van der Waals surface area contributed by atoms with Gasteiger partial charge in [0.25, 0.3) is 0 Å². The van der Waals surface area contributed by atoms with E-state index in [1.54, 1.807) is 0 Å². The molecule has 1 heterocycles. The summed E-state index contributed by atoms with van der Waals surface area (Å²) in [5, 5.41) is 3.22. The lowest BCUT2D eigenvalue weighted by atomic mass is 10.1. The summed E-state index contributed by atoms with van der Waals surface area (Å²) in [5.74, 6) is -0.724. The number of nitrogens with zero attached hydrogens (tertiary/aromatic N) is 1. The van der Waals surface area contributed by atoms with Crippen LogP contribution in [0.2, 0.25) is 0 Å². The van der Waals surface area contributed by atoms with Crippen molar-refractivity contribution in [2.75, 3.05) is 0 Å². The molecule has 1 N–H and O–H groups in total. The van der Waals surface area contributed by atoms with Gasteiger partial charge in [0.1, 0.15) is 11.6 Å². The zero-order valence-electron chi connectivity index (χ0n) is 9.62. The fourth-order valence-corrected chi connectivity index (χ4v) is 1.76. The molecule has 1 aromatic carbocycles. The van der Waals surface area contributed by atoms with Crippen LogP contribution in [0.1, 0.15) is 18.7 Å². The molecular weight excluding hydrogens is 238 g/mol. The smallest absolute Gasteiger partial charge is 0.208 e. The van der Waals surface area contributed by atoms with E-state index in [0.29, 0.717) is 18.5 Å². The first-order valence-electron chi connectivity index (χ1n) is 5.86. The molecule has 0 aliphatic heterocycles. The van der Waals surface area contributed by atoms with Crippen molar-refractivity contribution in [1.29, 1.82) is 0 Å². The molecule has 0 bridgehead atoms. The summed E-state index contributed by atoms with van der Waals surface area (Å²) in [7, 11) is 0. The Morgan fingerprint density at radius 2 is 2.00 bits per heavy atom. The van der Waals surface area contributed by atoms with Crippen molar-refractivity contribution in [2.45, 2.75) is 25.4 Å². The molecule has 1 aromatic heterocycles. The van der Waals surface area contributed by atoms with Crippen LogP contribution >= 0.6 is 0 Å². The standard InChI is InChI=1S/C13H12F2N2O/c14-9-2-1-3-10(15)13(9)11-6-17-12(18-11)7-16-8-4-5-8/h1-3,6,8,16H,4-5,7H2. The van der Waals surface area contributed by atoms with Crippen LogP contribution in [0.3, 0.4) is 0 Å². The highest BCUT2D eigenvalue weighted by atomic mass is 19.1. The molecule has 18 heavy (non-hydrogen) atoms. The van der Waals surface area contributed by atoms with Crippen LogP contribution in [0, 0.1) is 11.6 Å². The summed E-state index contributed by atoms with van der Waals surface area (Å²) >= 11 is 0. The van der Waals surface area contributed by atoms with E-state index in [9.17, 15) is 8.78 Å². The van der Waals surface area contributed by atoms with Gasteiger partial charge in [-0.15, -0.1) is 0 Å². The van der Waals surface area contributed by atoms with Crippen LogP contribution in [0.5, 0.6) is 0 Å². The zero-order valence-corrected chi connectivity index (χ0v) is 9.62. The van der Waals surface area contributed by atoms with E-state index >= 15 is 0 Å². The second-order valence-electron chi connectivity index (χ2n) is 4.37. The molecule has 5 heteroatoms. The third-order valence-corrected chi connectivity index (χ3v) is 2.88. The Morgan fingerprint density at radius 3 is 2.67 bits per heavy atom. The van der Waals surface area contributed by atoms with E-state index < -0.39 is 11.6 Å². The molecule has 0 radical (unpaired) electrons. The molecule has 3 nitrogen and oxygen atoms in total. The molecule has 2 aromatic rings. The van der Waals surface area contributed by atoms with Crippen molar-refractivity contribution in [2.24, 2.45) is 0 Å². The van der Waals surface area contributed by atoms with Gasteiger partial charge in [-0.25, -0.2) is 13.8 Å². The predicted octanol–water partition coefficient (Wildman–Crippen LogP) is 2.87. The molecule has 0 atom stereocenters. The van der Waals surface area contributed by atoms with Gasteiger partial charge in [0.2, 0.25) is 5.89 Å². The van der Waals surface area contributed by atoms with Gasteiger partial charge < -0.3 is 9.73 Å². The lowest BCUT2D eigenvalue weighted by Gasteiger charge is -2.00. The second kappa shape index (κ2) is 4.49. The molecule has 3 rings (SSSR count). The van der Waals surface area contributed by atoms with Gasteiger partial charge >= 0.3 is 0 Å². The second-order valence-corrected chi connectivity index (χ2v) is 4.37. The van der Waals surface area contributed by atoms with Gasteiger partial charge in [-0.05, 0) is 25.0 Å². The van der Waals surface area contributed by atoms with Crippen molar-refractivity contribution < 1.29 is 13.2 Å². The van der Waals surface area contributed by atoms with Crippen LogP contribution in [-0.2, 0) is 6.54 Å². The molecule has 0 saturated heterocycles. The molecular formula is C13H12F2N2O. The number of aromatic nitrogens is 1. The Morgan fingerprint density at radius 1 is 1.28 bits per heavy atom. The Labute approximate surface area is 103 Å². The maximum absolute atomic E-state index is 13.5. The number of benzene rings is 1. The molecule has 0 spiro atoms. The molecule has 0 amide bonds. The monoisotopic (exact) mass is 250 g/mol. The molecule has 0 unspecified atom stereocenters. The van der Waals surface area contributed by atoms with E-state index in [4.69, 9.17) is 4.42 Å². The number of hydrogen-bond acceptors (Lipinski definition) is 3. The van der Waals surface area contributed by atoms with Gasteiger partial charge in [-0.3, -0.25) is 0 Å². The lowest BCUT2D eigenvalue weighted by Crippen LogP contribution is -2.15. The molecule has 1 saturated carbocycles. The van der Waals surface area contributed by atoms with Crippen molar-refractivity contribution in [3.63, 3.8) is 0 Å². The summed E-state index contributed by atoms with van der Waals surface area (Å²) in [5.41, 5.74) is -0.164. The summed E-state index contributed by atoms with van der Waals surface area (Å²) in [6, 6.07) is 4.25. The maximum Gasteiger partial charge on any atom is 0.208 e. The van der Waals surface area contributed by atoms with Crippen LogP contribution in [-0.4, -0.2) is 11.0 Å². The normalized spacial score (nSPS) is 15.0. The van der Waals surface area contributed by atoms with E-state index in [0.717, 1.165) is 12.8 Å². The highest BCUT2D eigenvalue weighted by Crippen LogP contribution is 2.27. The third-order valence-electron chi connectivity index (χ3n) is 2.88. The van der Waals surface area contributed by atoms with Crippen molar-refractivity contribution in [3.05, 3.63) is 41.9 Å². The fraction of sp³-hybridized carbons (Fsp3) is 0.308. The van der Waals surface area contributed by atoms with Crippen LogP contribution in [0.25, 0.3) is 11.3 Å². The topological polar surface area (TPSA) is 38.1 Å². The summed E-state index contributed by atoms with van der Waals surface area (Å²) < 4.78 is 32.4. The van der Waals surface area contributed by atoms with Crippen LogP contribution in [0.15, 0.2) is 28.8 Å². The first-order chi connectivity index (χ1) is 8.74. The molecule has 1 aliphatic carbocycles. The Hall–Kier alpha value is -1.75. The summed E-state index contributed by atoms with van der Waals surface area (Å²) in [4.78, 5) is 4.01. The SMILES string of the molecule is Fc1cccc(F)c1-c1cnc(CNC2CC2)o1. The Bertz CT molecular complexity index is 544. The predicted molar refractivity (Wildman–Crippen MR) is 61.7 cm³/mol. The summed E-state index contributed by atoms with van der Waals surface area (Å²) in [6.07, 6.45) is 3.68. The minimum absolute atomic E-state index is 0.123. The van der Waals surface area contributed by atoms with E-state index in [1.807, 2.05) is 0 Å². The zero-order chi connectivity index (χ0) is 12.5. The number of halogens is 2. The van der Waals surface area contributed by atoms with E-state index in [2.05, 4.69) is 10.3 Å².